The first-order valence-electron chi connectivity index (χ1n) is 6.93. The molecular formula is C13H27F3N2. The van der Waals surface area contributed by atoms with E-state index in [1.165, 1.54) is 0 Å². The van der Waals surface area contributed by atoms with Crippen LogP contribution in [0.5, 0.6) is 0 Å². The maximum atomic E-state index is 12.7. The Hall–Kier alpha value is -0.290. The average Bonchev–Trinajstić information content (AvgIpc) is 2.77. The van der Waals surface area contributed by atoms with Gasteiger partial charge in [0.25, 0.3) is 0 Å². The highest BCUT2D eigenvalue weighted by molar-refractivity contribution is 4.89. The van der Waals surface area contributed by atoms with Gasteiger partial charge in [0.05, 0.1) is 5.92 Å². The van der Waals surface area contributed by atoms with Gasteiger partial charge >= 0.3 is 6.18 Å². The topological polar surface area (TPSA) is 15.3 Å². The molecule has 2 unspecified atom stereocenters. The Morgan fingerprint density at radius 2 is 1.89 bits per heavy atom. The van der Waals surface area contributed by atoms with E-state index in [1.807, 2.05) is 25.8 Å². The van der Waals surface area contributed by atoms with Gasteiger partial charge in [0.2, 0.25) is 0 Å². The molecule has 1 rings (SSSR count). The van der Waals surface area contributed by atoms with Crippen molar-refractivity contribution in [1.82, 2.24) is 10.2 Å². The summed E-state index contributed by atoms with van der Waals surface area (Å²) >= 11 is 0. The molecule has 1 aliphatic heterocycles. The van der Waals surface area contributed by atoms with Crippen molar-refractivity contribution in [3.63, 3.8) is 0 Å². The van der Waals surface area contributed by atoms with E-state index in [0.717, 1.165) is 19.4 Å². The SMILES string of the molecule is CC.CCCCN(C)CC1NCCC1C(F)(F)F. The second-order valence-corrected chi connectivity index (χ2v) is 4.61. The Morgan fingerprint density at radius 1 is 1.28 bits per heavy atom. The number of hydrogen-bond donors (Lipinski definition) is 1. The zero-order valence-corrected chi connectivity index (χ0v) is 12.0. The number of rotatable bonds is 5. The van der Waals surface area contributed by atoms with E-state index >= 15 is 0 Å². The van der Waals surface area contributed by atoms with Crippen LogP contribution >= 0.6 is 0 Å². The molecule has 0 spiro atoms. The number of nitrogens with one attached hydrogen (secondary N) is 1. The van der Waals surface area contributed by atoms with Crippen LogP contribution in [0.2, 0.25) is 0 Å². The van der Waals surface area contributed by atoms with E-state index in [4.69, 9.17) is 0 Å². The minimum atomic E-state index is -4.06. The van der Waals surface area contributed by atoms with Gasteiger partial charge in [-0.15, -0.1) is 0 Å². The number of hydrogen-bond acceptors (Lipinski definition) is 2. The number of likely N-dealkylation sites (N-methyl/N-ethyl adjacent to an activating group) is 1. The van der Waals surface area contributed by atoms with Crippen molar-refractivity contribution in [1.29, 1.82) is 0 Å². The molecule has 1 saturated heterocycles. The highest BCUT2D eigenvalue weighted by Crippen LogP contribution is 2.34. The van der Waals surface area contributed by atoms with E-state index in [-0.39, 0.29) is 6.42 Å². The molecule has 110 valence electrons. The standard InChI is InChI=1S/C11H21F3N2.C2H6/c1-3-4-7-16(2)8-10-9(5-6-15-10)11(12,13)14;1-2/h9-10,15H,3-8H2,1-2H3;1-2H3. The van der Waals surface area contributed by atoms with Crippen LogP contribution in [-0.2, 0) is 0 Å². The number of nitrogens with zero attached hydrogens (tertiary/aromatic N) is 1. The van der Waals surface area contributed by atoms with Crippen LogP contribution in [-0.4, -0.2) is 43.8 Å². The van der Waals surface area contributed by atoms with Crippen molar-refractivity contribution >= 4 is 0 Å². The van der Waals surface area contributed by atoms with Crippen molar-refractivity contribution < 1.29 is 13.2 Å². The van der Waals surface area contributed by atoms with Crippen LogP contribution < -0.4 is 5.32 Å². The predicted octanol–water partition coefficient (Wildman–Crippen LogP) is 3.28. The average molecular weight is 268 g/mol. The van der Waals surface area contributed by atoms with E-state index < -0.39 is 18.1 Å². The quantitative estimate of drug-likeness (QED) is 0.823. The summed E-state index contributed by atoms with van der Waals surface area (Å²) in [6.45, 7) is 7.93. The highest BCUT2D eigenvalue weighted by atomic mass is 19.4. The van der Waals surface area contributed by atoms with Gasteiger partial charge in [-0.25, -0.2) is 0 Å². The molecule has 5 heteroatoms. The molecular weight excluding hydrogens is 241 g/mol. The molecule has 0 aliphatic carbocycles. The third-order valence-electron chi connectivity index (χ3n) is 3.17. The van der Waals surface area contributed by atoms with Crippen molar-refractivity contribution in [3.8, 4) is 0 Å². The lowest BCUT2D eigenvalue weighted by Crippen LogP contribution is -2.43. The van der Waals surface area contributed by atoms with Crippen molar-refractivity contribution in [2.75, 3.05) is 26.7 Å². The molecule has 1 aliphatic rings. The summed E-state index contributed by atoms with van der Waals surface area (Å²) in [5.41, 5.74) is 0. The fourth-order valence-corrected chi connectivity index (χ4v) is 2.21. The van der Waals surface area contributed by atoms with Gasteiger partial charge in [0.1, 0.15) is 0 Å². The van der Waals surface area contributed by atoms with Gasteiger partial charge in [-0.3, -0.25) is 0 Å². The Balaban J connectivity index is 0.00000137. The van der Waals surface area contributed by atoms with E-state index in [9.17, 15) is 13.2 Å². The first-order valence-corrected chi connectivity index (χ1v) is 6.93. The molecule has 1 heterocycles. The molecule has 0 aromatic heterocycles. The van der Waals surface area contributed by atoms with Crippen LogP contribution in [0.3, 0.4) is 0 Å². The molecule has 0 radical (unpaired) electrons. The molecule has 0 saturated carbocycles. The summed E-state index contributed by atoms with van der Waals surface area (Å²) in [5, 5.41) is 2.96. The molecule has 1 N–H and O–H groups in total. The molecule has 0 aromatic carbocycles. The molecule has 0 bridgehead atoms. The first kappa shape index (κ1) is 17.7. The maximum Gasteiger partial charge on any atom is 0.393 e. The molecule has 2 atom stereocenters. The third-order valence-corrected chi connectivity index (χ3v) is 3.17. The summed E-state index contributed by atoms with van der Waals surface area (Å²) < 4.78 is 38.0. The molecule has 0 aromatic rings. The van der Waals surface area contributed by atoms with Crippen LogP contribution in [0, 0.1) is 5.92 Å². The van der Waals surface area contributed by atoms with Crippen molar-refractivity contribution in [2.24, 2.45) is 5.92 Å². The Morgan fingerprint density at radius 3 is 2.39 bits per heavy atom. The van der Waals surface area contributed by atoms with Gasteiger partial charge in [0, 0.05) is 12.6 Å². The fraction of sp³-hybridized carbons (Fsp3) is 1.00. The van der Waals surface area contributed by atoms with Gasteiger partial charge in [-0.1, -0.05) is 27.2 Å². The summed E-state index contributed by atoms with van der Waals surface area (Å²) in [6.07, 6.45) is -1.72. The summed E-state index contributed by atoms with van der Waals surface area (Å²) in [7, 11) is 1.89. The van der Waals surface area contributed by atoms with Crippen LogP contribution in [0.4, 0.5) is 13.2 Å². The summed E-state index contributed by atoms with van der Waals surface area (Å²) in [6, 6.07) is -0.429. The zero-order valence-electron chi connectivity index (χ0n) is 12.0. The van der Waals surface area contributed by atoms with Gasteiger partial charge in [-0.05, 0) is 33.0 Å². The zero-order chi connectivity index (χ0) is 14.2. The minimum Gasteiger partial charge on any atom is -0.312 e. The molecule has 1 fully saturated rings. The van der Waals surface area contributed by atoms with E-state index in [0.29, 0.717) is 13.1 Å². The lowest BCUT2D eigenvalue weighted by molar-refractivity contribution is -0.177. The van der Waals surface area contributed by atoms with E-state index in [1.54, 1.807) is 0 Å². The third kappa shape index (κ3) is 6.05. The first-order chi connectivity index (χ1) is 8.45. The normalized spacial score (nSPS) is 24.0. The summed E-state index contributed by atoms with van der Waals surface area (Å²) in [4.78, 5) is 1.99. The molecule has 18 heavy (non-hydrogen) atoms. The smallest absolute Gasteiger partial charge is 0.312 e. The monoisotopic (exact) mass is 268 g/mol. The van der Waals surface area contributed by atoms with E-state index in [2.05, 4.69) is 12.2 Å². The van der Waals surface area contributed by atoms with Crippen LogP contribution in [0.15, 0.2) is 0 Å². The maximum absolute atomic E-state index is 12.7. The van der Waals surface area contributed by atoms with Crippen LogP contribution in [0.1, 0.15) is 40.0 Å². The number of halogens is 3. The highest BCUT2D eigenvalue weighted by Gasteiger charge is 2.46. The van der Waals surface area contributed by atoms with Crippen molar-refractivity contribution in [3.05, 3.63) is 0 Å². The Kier molecular flexibility index (Phi) is 8.61. The second-order valence-electron chi connectivity index (χ2n) is 4.61. The second kappa shape index (κ2) is 8.75. The van der Waals surface area contributed by atoms with Gasteiger partial charge in [0.15, 0.2) is 0 Å². The van der Waals surface area contributed by atoms with Gasteiger partial charge < -0.3 is 10.2 Å². The van der Waals surface area contributed by atoms with Crippen molar-refractivity contribution in [2.45, 2.75) is 52.3 Å². The Bertz CT molecular complexity index is 207. The lowest BCUT2D eigenvalue weighted by atomic mass is 10.00. The lowest BCUT2D eigenvalue weighted by Gasteiger charge is -2.26. The fourth-order valence-electron chi connectivity index (χ4n) is 2.21. The predicted molar refractivity (Wildman–Crippen MR) is 69.7 cm³/mol. The minimum absolute atomic E-state index is 0.218. The Labute approximate surface area is 109 Å². The summed E-state index contributed by atoms with van der Waals surface area (Å²) in [5.74, 6) is -1.17. The molecule has 2 nitrogen and oxygen atoms in total. The van der Waals surface area contributed by atoms with Gasteiger partial charge in [-0.2, -0.15) is 13.2 Å². The molecule has 0 amide bonds. The van der Waals surface area contributed by atoms with Crippen LogP contribution in [0.25, 0.3) is 0 Å². The number of unbranched alkanes of at least 4 members (excludes halogenated alkanes) is 1. The largest absolute Gasteiger partial charge is 0.393 e. The number of alkyl halides is 3.